The summed E-state index contributed by atoms with van der Waals surface area (Å²) in [5.41, 5.74) is 12.9. The van der Waals surface area contributed by atoms with Gasteiger partial charge in [-0.05, 0) is 116 Å². The summed E-state index contributed by atoms with van der Waals surface area (Å²) in [6.45, 7) is 11.1. The van der Waals surface area contributed by atoms with Crippen LogP contribution in [0.1, 0.15) is 101 Å². The minimum atomic E-state index is 0.671. The summed E-state index contributed by atoms with van der Waals surface area (Å²) < 4.78 is 14.0. The number of para-hydroxylation sites is 2. The third kappa shape index (κ3) is 6.86. The zero-order valence-electron chi connectivity index (χ0n) is 33.4. The summed E-state index contributed by atoms with van der Waals surface area (Å²) in [5.74, 6) is 4.70. The molecule has 0 saturated heterocycles. The minimum absolute atomic E-state index is 0.671. The van der Waals surface area contributed by atoms with Gasteiger partial charge in [0.15, 0.2) is 34.6 Å². The third-order valence-corrected chi connectivity index (χ3v) is 11.0. The van der Waals surface area contributed by atoms with Crippen LogP contribution >= 0.6 is 0 Å². The molecular weight excluding hydrogens is 693 g/mol. The lowest BCUT2D eigenvalue weighted by Gasteiger charge is -2.38. The predicted octanol–water partition coefficient (Wildman–Crippen LogP) is 13.2. The van der Waals surface area contributed by atoms with Gasteiger partial charge in [-0.25, -0.2) is 19.9 Å². The number of aryl methyl sites for hydroxylation is 3. The molecule has 8 nitrogen and oxygen atoms in total. The van der Waals surface area contributed by atoms with E-state index in [-0.39, 0.29) is 0 Å². The van der Waals surface area contributed by atoms with Gasteiger partial charge in [-0.1, -0.05) is 72.1 Å². The van der Waals surface area contributed by atoms with Crippen LogP contribution in [0.4, 0.5) is 28.4 Å². The van der Waals surface area contributed by atoms with Crippen molar-refractivity contribution in [1.29, 1.82) is 0 Å². The molecular formula is C48H52N6O2. The van der Waals surface area contributed by atoms with E-state index in [2.05, 4.69) is 87.3 Å². The molecule has 8 rings (SSSR count). The number of fused-ring (bicyclic) bond motifs is 4. The standard InChI is InChI=1S/C48H52N6O2/c1-6-11-18-31-27-33(19-12-7-2)46-36(28-31)53-44-35(20-13-8-3)43(48-51-25-17-26-52-48)38(30-40(44)56-46)54-37-21-14-15-22-39(37)55-41-29-32(9-4)42(34(10-5)45(41)54)47-49-23-16-24-50-47/h14-17,21-30,53H,6-13,18-20H2,1-5H3. The van der Waals surface area contributed by atoms with E-state index in [0.717, 1.165) is 150 Å². The zero-order chi connectivity index (χ0) is 38.6. The molecule has 0 aliphatic carbocycles. The molecule has 1 N–H and O–H groups in total. The van der Waals surface area contributed by atoms with Gasteiger partial charge in [-0.15, -0.1) is 0 Å². The van der Waals surface area contributed by atoms with Gasteiger partial charge in [0.05, 0.1) is 28.4 Å². The minimum Gasteiger partial charge on any atom is -0.453 e. The highest BCUT2D eigenvalue weighted by atomic mass is 16.5. The average molecular weight is 745 g/mol. The highest BCUT2D eigenvalue weighted by Crippen LogP contribution is 2.59. The van der Waals surface area contributed by atoms with Crippen LogP contribution in [0.3, 0.4) is 0 Å². The van der Waals surface area contributed by atoms with Crippen LogP contribution in [0, 0.1) is 0 Å². The van der Waals surface area contributed by atoms with Crippen LogP contribution in [0.25, 0.3) is 22.8 Å². The largest absolute Gasteiger partial charge is 0.453 e. The maximum absolute atomic E-state index is 7.19. The average Bonchev–Trinajstić information content (AvgIpc) is 3.24. The first-order valence-corrected chi connectivity index (χ1v) is 20.7. The number of aromatic nitrogens is 4. The van der Waals surface area contributed by atoms with E-state index in [1.807, 2.05) is 43.0 Å². The molecule has 2 aliphatic heterocycles. The van der Waals surface area contributed by atoms with E-state index in [9.17, 15) is 0 Å². The first kappa shape index (κ1) is 37.2. The number of rotatable bonds is 14. The third-order valence-electron chi connectivity index (χ3n) is 11.0. The molecule has 0 radical (unpaired) electrons. The lowest BCUT2D eigenvalue weighted by molar-refractivity contribution is 0.471. The van der Waals surface area contributed by atoms with Crippen LogP contribution in [0.5, 0.6) is 23.0 Å². The lowest BCUT2D eigenvalue weighted by Crippen LogP contribution is -2.21. The predicted molar refractivity (Wildman–Crippen MR) is 228 cm³/mol. The Morgan fingerprint density at radius 3 is 1.95 bits per heavy atom. The van der Waals surface area contributed by atoms with Crippen LogP contribution < -0.4 is 19.7 Å². The van der Waals surface area contributed by atoms with Crippen molar-refractivity contribution in [3.63, 3.8) is 0 Å². The quantitative estimate of drug-likeness (QED) is 0.118. The fraction of sp³-hybridized carbons (Fsp3) is 0.333. The molecule has 286 valence electrons. The first-order valence-electron chi connectivity index (χ1n) is 20.7. The number of ether oxygens (including phenoxy) is 2. The second-order valence-electron chi connectivity index (χ2n) is 14.8. The Morgan fingerprint density at radius 1 is 0.571 bits per heavy atom. The summed E-state index contributed by atoms with van der Waals surface area (Å²) in [6.07, 6.45) is 18.3. The van der Waals surface area contributed by atoms with Crippen molar-refractivity contribution in [2.75, 3.05) is 10.2 Å². The molecule has 6 aromatic rings. The number of nitrogens with zero attached hydrogens (tertiary/aromatic N) is 5. The molecule has 0 unspecified atom stereocenters. The highest BCUT2D eigenvalue weighted by Gasteiger charge is 2.36. The first-order chi connectivity index (χ1) is 27.6. The van der Waals surface area contributed by atoms with E-state index in [1.165, 1.54) is 11.1 Å². The van der Waals surface area contributed by atoms with Gasteiger partial charge in [0.25, 0.3) is 0 Å². The van der Waals surface area contributed by atoms with Crippen molar-refractivity contribution in [3.05, 3.63) is 113 Å². The van der Waals surface area contributed by atoms with Crippen molar-refractivity contribution < 1.29 is 9.47 Å². The van der Waals surface area contributed by atoms with E-state index in [4.69, 9.17) is 29.4 Å². The topological polar surface area (TPSA) is 85.3 Å². The Morgan fingerprint density at radius 2 is 1.25 bits per heavy atom. The van der Waals surface area contributed by atoms with Gasteiger partial charge in [-0.3, -0.25) is 0 Å². The van der Waals surface area contributed by atoms with E-state index in [0.29, 0.717) is 11.6 Å². The number of unbranched alkanes of at least 4 members (excludes halogenated alkanes) is 3. The molecule has 56 heavy (non-hydrogen) atoms. The van der Waals surface area contributed by atoms with Gasteiger partial charge in [0.2, 0.25) is 0 Å². The van der Waals surface area contributed by atoms with Crippen molar-refractivity contribution in [3.8, 4) is 45.8 Å². The Balaban J connectivity index is 1.43. The molecule has 4 heterocycles. The lowest BCUT2D eigenvalue weighted by atomic mass is 9.90. The Bertz CT molecular complexity index is 2340. The number of nitrogens with one attached hydrogen (secondary N) is 1. The molecule has 2 aromatic heterocycles. The molecule has 0 spiro atoms. The molecule has 0 amide bonds. The van der Waals surface area contributed by atoms with Crippen molar-refractivity contribution in [2.24, 2.45) is 0 Å². The smallest absolute Gasteiger partial charge is 0.161 e. The summed E-state index contributed by atoms with van der Waals surface area (Å²) in [7, 11) is 0. The summed E-state index contributed by atoms with van der Waals surface area (Å²) in [4.78, 5) is 21.8. The van der Waals surface area contributed by atoms with Crippen LogP contribution in [-0.2, 0) is 32.1 Å². The summed E-state index contributed by atoms with van der Waals surface area (Å²) in [5, 5.41) is 3.96. The molecule has 8 heteroatoms. The number of hydrogen-bond acceptors (Lipinski definition) is 8. The molecule has 4 aromatic carbocycles. The van der Waals surface area contributed by atoms with Gasteiger partial charge in [0.1, 0.15) is 0 Å². The SMILES string of the molecule is CCCCc1cc(CCCC)c2c(c1)Nc1c(cc(N3c4ccccc4Oc4cc(CC)c(-c5ncccn5)c(CC)c43)c(-c3ncccn3)c1CCCC)O2. The highest BCUT2D eigenvalue weighted by molar-refractivity contribution is 5.99. The van der Waals surface area contributed by atoms with Gasteiger partial charge in [-0.2, -0.15) is 0 Å². The number of benzene rings is 4. The number of anilines is 5. The van der Waals surface area contributed by atoms with E-state index in [1.54, 1.807) is 0 Å². The Kier molecular flexibility index (Phi) is 11.0. The Hall–Kier alpha value is -5.76. The monoisotopic (exact) mass is 744 g/mol. The second kappa shape index (κ2) is 16.5. The van der Waals surface area contributed by atoms with E-state index < -0.39 is 0 Å². The van der Waals surface area contributed by atoms with Crippen LogP contribution in [0.15, 0.2) is 85.5 Å². The van der Waals surface area contributed by atoms with Crippen LogP contribution in [0.2, 0.25) is 0 Å². The van der Waals surface area contributed by atoms with Crippen LogP contribution in [-0.4, -0.2) is 19.9 Å². The van der Waals surface area contributed by atoms with E-state index >= 15 is 0 Å². The maximum atomic E-state index is 7.19. The van der Waals surface area contributed by atoms with Gasteiger partial charge < -0.3 is 19.7 Å². The van der Waals surface area contributed by atoms with Gasteiger partial charge >= 0.3 is 0 Å². The molecule has 0 fully saturated rings. The molecule has 0 bridgehead atoms. The normalized spacial score (nSPS) is 12.5. The summed E-state index contributed by atoms with van der Waals surface area (Å²) in [6, 6.07) is 21.1. The van der Waals surface area contributed by atoms with Gasteiger partial charge in [0, 0.05) is 42.0 Å². The molecule has 0 atom stereocenters. The molecule has 2 aliphatic rings. The molecule has 0 saturated carbocycles. The summed E-state index contributed by atoms with van der Waals surface area (Å²) >= 11 is 0. The zero-order valence-corrected chi connectivity index (χ0v) is 33.4. The van der Waals surface area contributed by atoms with Crippen molar-refractivity contribution in [1.82, 2.24) is 19.9 Å². The van der Waals surface area contributed by atoms with Crippen molar-refractivity contribution >= 4 is 28.4 Å². The fourth-order valence-electron chi connectivity index (χ4n) is 8.29. The van der Waals surface area contributed by atoms with Crippen molar-refractivity contribution in [2.45, 2.75) is 105 Å². The second-order valence-corrected chi connectivity index (χ2v) is 14.8. The Labute approximate surface area is 331 Å². The number of hydrogen-bond donors (Lipinski definition) is 1. The maximum Gasteiger partial charge on any atom is 0.161 e. The fourth-order valence-corrected chi connectivity index (χ4v) is 8.29.